The van der Waals surface area contributed by atoms with Crippen LogP contribution in [-0.4, -0.2) is 21.1 Å². The van der Waals surface area contributed by atoms with Crippen LogP contribution in [0.25, 0.3) is 10.2 Å². The van der Waals surface area contributed by atoms with E-state index in [4.69, 9.17) is 5.73 Å². The van der Waals surface area contributed by atoms with Crippen molar-refractivity contribution in [3.8, 4) is 0 Å². The van der Waals surface area contributed by atoms with Gasteiger partial charge in [-0.15, -0.1) is 11.3 Å². The molecular weight excluding hydrogens is 306 g/mol. The van der Waals surface area contributed by atoms with Crippen LogP contribution in [0.1, 0.15) is 30.7 Å². The number of hydrogen-bond acceptors (Lipinski definition) is 5. The number of aryl methyl sites for hydroxylation is 1. The van der Waals surface area contributed by atoms with Crippen LogP contribution < -0.4 is 11.3 Å². The lowest BCUT2D eigenvalue weighted by atomic mass is 9.89. The Bertz CT molecular complexity index is 765. The first-order valence-corrected chi connectivity index (χ1v) is 8.66. The Labute approximate surface area is 130 Å². The summed E-state index contributed by atoms with van der Waals surface area (Å²) in [5, 5.41) is 0.781. The van der Waals surface area contributed by atoms with Crippen molar-refractivity contribution in [3.05, 3.63) is 20.8 Å². The Kier molecular flexibility index (Phi) is 3.79. The lowest BCUT2D eigenvalue weighted by molar-refractivity contribution is -0.117. The molecule has 1 amide bonds. The van der Waals surface area contributed by atoms with Crippen LogP contribution in [0, 0.1) is 5.92 Å². The molecule has 0 aromatic carbocycles. The molecule has 3 N–H and O–H groups in total. The van der Waals surface area contributed by atoms with Crippen molar-refractivity contribution in [2.24, 2.45) is 11.7 Å². The minimum atomic E-state index is -0.416. The number of thioether (sulfide) groups is 1. The van der Waals surface area contributed by atoms with Crippen LogP contribution in [0.15, 0.2) is 9.95 Å². The summed E-state index contributed by atoms with van der Waals surface area (Å²) >= 11 is 2.80. The number of carbonyl (C=O) groups excluding carboxylic acids is 1. The smallest absolute Gasteiger partial charge is 0.260 e. The maximum Gasteiger partial charge on any atom is 0.260 e. The van der Waals surface area contributed by atoms with Gasteiger partial charge in [-0.05, 0) is 37.7 Å². The van der Waals surface area contributed by atoms with Gasteiger partial charge in [0.15, 0.2) is 5.16 Å². The first kappa shape index (κ1) is 14.6. The van der Waals surface area contributed by atoms with Crippen LogP contribution in [0.2, 0.25) is 0 Å². The molecule has 0 saturated carbocycles. The van der Waals surface area contributed by atoms with E-state index in [1.54, 1.807) is 18.3 Å². The second-order valence-corrected chi connectivity index (χ2v) is 7.98. The molecular formula is C14H17N3O2S2. The number of hydrogen-bond donors (Lipinski definition) is 2. The van der Waals surface area contributed by atoms with Crippen molar-refractivity contribution >= 4 is 39.2 Å². The van der Waals surface area contributed by atoms with Crippen molar-refractivity contribution in [1.82, 2.24) is 9.97 Å². The highest BCUT2D eigenvalue weighted by molar-refractivity contribution is 8.00. The first-order valence-electron chi connectivity index (χ1n) is 6.96. The summed E-state index contributed by atoms with van der Waals surface area (Å²) in [5.74, 6) is 0.246. The summed E-state index contributed by atoms with van der Waals surface area (Å²) in [4.78, 5) is 32.8. The molecule has 7 heteroatoms. The van der Waals surface area contributed by atoms with Crippen molar-refractivity contribution < 1.29 is 4.79 Å². The summed E-state index contributed by atoms with van der Waals surface area (Å²) in [6.07, 6.45) is 3.09. The molecule has 2 heterocycles. The summed E-state index contributed by atoms with van der Waals surface area (Å²) in [5.41, 5.74) is 6.31. The maximum atomic E-state index is 12.3. The number of nitrogens with one attached hydrogen (secondary N) is 1. The number of thiophene rings is 1. The third-order valence-electron chi connectivity index (χ3n) is 3.83. The molecule has 2 aromatic heterocycles. The van der Waals surface area contributed by atoms with Gasteiger partial charge in [0, 0.05) is 4.88 Å². The fourth-order valence-corrected chi connectivity index (χ4v) is 4.80. The number of H-pyrrole nitrogens is 1. The van der Waals surface area contributed by atoms with Crippen LogP contribution in [0.5, 0.6) is 0 Å². The van der Waals surface area contributed by atoms with Gasteiger partial charge >= 0.3 is 0 Å². The Morgan fingerprint density at radius 1 is 1.57 bits per heavy atom. The number of nitrogens with two attached hydrogens (primary N) is 1. The van der Waals surface area contributed by atoms with E-state index in [-0.39, 0.29) is 5.56 Å². The Balaban J connectivity index is 2.05. The van der Waals surface area contributed by atoms with E-state index in [0.717, 1.165) is 29.5 Å². The zero-order valence-electron chi connectivity index (χ0n) is 11.9. The number of aromatic amines is 1. The van der Waals surface area contributed by atoms with Crippen molar-refractivity contribution in [2.45, 2.75) is 43.5 Å². The van der Waals surface area contributed by atoms with Crippen LogP contribution >= 0.6 is 23.1 Å². The fourth-order valence-electron chi connectivity index (χ4n) is 2.61. The van der Waals surface area contributed by atoms with E-state index in [2.05, 4.69) is 16.9 Å². The zero-order valence-corrected chi connectivity index (χ0v) is 13.6. The molecule has 0 bridgehead atoms. The quantitative estimate of drug-likeness (QED) is 0.668. The summed E-state index contributed by atoms with van der Waals surface area (Å²) in [6, 6.07) is 0. The van der Waals surface area contributed by atoms with Crippen LogP contribution in [0.4, 0.5) is 0 Å². The van der Waals surface area contributed by atoms with Crippen molar-refractivity contribution in [2.75, 3.05) is 0 Å². The van der Waals surface area contributed by atoms with Gasteiger partial charge in [-0.25, -0.2) is 4.98 Å². The Hall–Kier alpha value is -1.34. The largest absolute Gasteiger partial charge is 0.369 e. The highest BCUT2D eigenvalue weighted by Gasteiger charge is 2.23. The number of fused-ring (bicyclic) bond motifs is 3. The van der Waals surface area contributed by atoms with E-state index < -0.39 is 11.2 Å². The molecule has 2 atom stereocenters. The van der Waals surface area contributed by atoms with Gasteiger partial charge in [-0.1, -0.05) is 18.7 Å². The molecule has 0 saturated heterocycles. The normalized spacial score (nSPS) is 19.4. The topological polar surface area (TPSA) is 88.8 Å². The SMILES string of the molecule is C[C@@H]1CCc2c(sc3nc(S[C@H](C)C(N)=O)[nH]c(=O)c23)C1. The second-order valence-electron chi connectivity index (χ2n) is 5.57. The molecule has 5 nitrogen and oxygen atoms in total. The molecule has 1 aliphatic carbocycles. The number of rotatable bonds is 3. The molecule has 1 aliphatic rings. The van der Waals surface area contributed by atoms with Gasteiger partial charge in [-0.2, -0.15) is 0 Å². The molecule has 0 unspecified atom stereocenters. The van der Waals surface area contributed by atoms with E-state index in [1.807, 2.05) is 0 Å². The number of primary amides is 1. The van der Waals surface area contributed by atoms with Crippen LogP contribution in [-0.2, 0) is 17.6 Å². The van der Waals surface area contributed by atoms with Gasteiger partial charge in [0.1, 0.15) is 4.83 Å². The van der Waals surface area contributed by atoms with Crippen molar-refractivity contribution in [1.29, 1.82) is 0 Å². The average molecular weight is 323 g/mol. The van der Waals surface area contributed by atoms with Gasteiger partial charge in [0.2, 0.25) is 5.91 Å². The molecule has 0 aliphatic heterocycles. The first-order chi connectivity index (χ1) is 9.95. The molecule has 2 aromatic rings. The summed E-state index contributed by atoms with van der Waals surface area (Å²) in [7, 11) is 0. The summed E-state index contributed by atoms with van der Waals surface area (Å²) in [6.45, 7) is 3.94. The van der Waals surface area contributed by atoms with E-state index >= 15 is 0 Å². The molecule has 21 heavy (non-hydrogen) atoms. The number of aromatic nitrogens is 2. The van der Waals surface area contributed by atoms with Gasteiger partial charge < -0.3 is 10.7 Å². The lowest BCUT2D eigenvalue weighted by Gasteiger charge is -2.17. The third kappa shape index (κ3) is 2.72. The zero-order chi connectivity index (χ0) is 15.1. The second kappa shape index (κ2) is 5.46. The predicted molar refractivity (Wildman–Crippen MR) is 85.9 cm³/mol. The number of carbonyl (C=O) groups is 1. The average Bonchev–Trinajstić information content (AvgIpc) is 2.75. The fraction of sp³-hybridized carbons (Fsp3) is 0.500. The monoisotopic (exact) mass is 323 g/mol. The van der Waals surface area contributed by atoms with Crippen LogP contribution in [0.3, 0.4) is 0 Å². The Morgan fingerprint density at radius 2 is 2.33 bits per heavy atom. The summed E-state index contributed by atoms with van der Waals surface area (Å²) < 4.78 is 0. The minimum absolute atomic E-state index is 0.105. The minimum Gasteiger partial charge on any atom is -0.369 e. The van der Waals surface area contributed by atoms with Crippen molar-refractivity contribution in [3.63, 3.8) is 0 Å². The number of amides is 1. The van der Waals surface area contributed by atoms with Gasteiger partial charge in [0.05, 0.1) is 10.6 Å². The molecule has 112 valence electrons. The number of nitrogens with zero attached hydrogens (tertiary/aromatic N) is 1. The highest BCUT2D eigenvalue weighted by atomic mass is 32.2. The molecule has 3 rings (SSSR count). The standard InChI is InChI=1S/C14H17N3O2S2/c1-6-3-4-8-9(5-6)21-13-10(8)12(19)16-14(17-13)20-7(2)11(15)18/h6-7H,3-5H2,1-2H3,(H2,15,18)(H,16,17,19)/t6-,7-/m1/s1. The Morgan fingerprint density at radius 3 is 3.05 bits per heavy atom. The van der Waals surface area contributed by atoms with Gasteiger partial charge in [0.25, 0.3) is 5.56 Å². The molecule has 0 spiro atoms. The molecule has 0 radical (unpaired) electrons. The predicted octanol–water partition coefficient (Wildman–Crippen LogP) is 2.08. The maximum absolute atomic E-state index is 12.3. The van der Waals surface area contributed by atoms with E-state index in [9.17, 15) is 9.59 Å². The lowest BCUT2D eigenvalue weighted by Crippen LogP contribution is -2.23. The third-order valence-corrected chi connectivity index (χ3v) is 5.98. The van der Waals surface area contributed by atoms with Gasteiger partial charge in [-0.3, -0.25) is 9.59 Å². The van der Waals surface area contributed by atoms with E-state index in [1.165, 1.54) is 22.2 Å². The highest BCUT2D eigenvalue weighted by Crippen LogP contribution is 2.36. The van der Waals surface area contributed by atoms with E-state index in [0.29, 0.717) is 11.1 Å². The molecule has 0 fully saturated rings.